The lowest BCUT2D eigenvalue weighted by Gasteiger charge is -2.14. The van der Waals surface area contributed by atoms with Gasteiger partial charge in [0, 0.05) is 11.8 Å². The Morgan fingerprint density at radius 3 is 2.62 bits per heavy atom. The van der Waals surface area contributed by atoms with Crippen LogP contribution in [0.4, 0.5) is 0 Å². The Morgan fingerprint density at radius 1 is 1.17 bits per heavy atom. The van der Waals surface area contributed by atoms with Crippen LogP contribution in [0.15, 0.2) is 35.5 Å². The Bertz CT molecular complexity index is 621. The van der Waals surface area contributed by atoms with Gasteiger partial charge in [-0.05, 0) is 37.3 Å². The number of nitrogens with zero attached hydrogens (tertiary/aromatic N) is 3. The van der Waals surface area contributed by atoms with E-state index < -0.39 is 0 Å². The van der Waals surface area contributed by atoms with Crippen molar-refractivity contribution >= 4 is 11.8 Å². The predicted molar refractivity (Wildman–Crippen MR) is 98.4 cm³/mol. The van der Waals surface area contributed by atoms with Crippen molar-refractivity contribution < 1.29 is 4.74 Å². The summed E-state index contributed by atoms with van der Waals surface area (Å²) >= 11 is 1.91. The van der Waals surface area contributed by atoms with Gasteiger partial charge in [0.05, 0.1) is 0 Å². The summed E-state index contributed by atoms with van der Waals surface area (Å²) in [6.07, 6.45) is 6.44. The van der Waals surface area contributed by atoms with Crippen LogP contribution in [0.5, 0.6) is 5.75 Å². The smallest absolute Gasteiger partial charge is 0.191 e. The first-order valence-corrected chi connectivity index (χ1v) is 9.87. The second-order valence-electron chi connectivity index (χ2n) is 6.86. The fourth-order valence-corrected chi connectivity index (χ4v) is 4.22. The lowest BCUT2D eigenvalue weighted by Crippen LogP contribution is -2.11. The zero-order chi connectivity index (χ0) is 16.8. The summed E-state index contributed by atoms with van der Waals surface area (Å²) in [5, 5.41) is 10.7. The van der Waals surface area contributed by atoms with Gasteiger partial charge in [-0.2, -0.15) is 0 Å². The van der Waals surface area contributed by atoms with Gasteiger partial charge in [-0.15, -0.1) is 10.2 Å². The second kappa shape index (κ2) is 8.56. The maximum atomic E-state index is 5.89. The van der Waals surface area contributed by atoms with Crippen LogP contribution in [-0.2, 0) is 13.2 Å². The Labute approximate surface area is 149 Å². The number of hydrogen-bond donors (Lipinski definition) is 0. The molecular weight excluding hydrogens is 318 g/mol. The highest BCUT2D eigenvalue weighted by molar-refractivity contribution is 7.99. The molecule has 24 heavy (non-hydrogen) atoms. The Hall–Kier alpha value is -1.49. The highest BCUT2D eigenvalue weighted by Gasteiger charge is 2.21. The molecule has 2 aromatic rings. The minimum absolute atomic E-state index is 0.473. The van der Waals surface area contributed by atoms with Crippen molar-refractivity contribution in [2.45, 2.75) is 69.5 Å². The molecule has 0 saturated heterocycles. The molecule has 0 bridgehead atoms. The maximum Gasteiger partial charge on any atom is 0.191 e. The SMILES string of the molecule is CC(C)CCn1c(COc2ccccc2)nnc1SC1CCCC1. The van der Waals surface area contributed by atoms with Crippen molar-refractivity contribution in [3.05, 3.63) is 36.2 Å². The highest BCUT2D eigenvalue weighted by Crippen LogP contribution is 2.34. The van der Waals surface area contributed by atoms with Gasteiger partial charge in [0.25, 0.3) is 0 Å². The van der Waals surface area contributed by atoms with Gasteiger partial charge in [-0.25, -0.2) is 0 Å². The van der Waals surface area contributed by atoms with Crippen LogP contribution >= 0.6 is 11.8 Å². The Morgan fingerprint density at radius 2 is 1.92 bits per heavy atom. The number of rotatable bonds is 8. The molecule has 0 amide bonds. The maximum absolute atomic E-state index is 5.89. The molecule has 4 nitrogen and oxygen atoms in total. The molecule has 1 aliphatic carbocycles. The van der Waals surface area contributed by atoms with Gasteiger partial charge >= 0.3 is 0 Å². The number of hydrogen-bond acceptors (Lipinski definition) is 4. The molecule has 5 heteroatoms. The first-order chi connectivity index (χ1) is 11.7. The number of para-hydroxylation sites is 1. The standard InChI is InChI=1S/C19H27N3OS/c1-15(2)12-13-22-18(14-23-16-8-4-3-5-9-16)20-21-19(22)24-17-10-6-7-11-17/h3-5,8-9,15,17H,6-7,10-14H2,1-2H3. The van der Waals surface area contributed by atoms with Crippen molar-refractivity contribution in [3.63, 3.8) is 0 Å². The first-order valence-electron chi connectivity index (χ1n) is 8.99. The quantitative estimate of drug-likeness (QED) is 0.679. The van der Waals surface area contributed by atoms with E-state index in [1.807, 2.05) is 42.1 Å². The second-order valence-corrected chi connectivity index (χ2v) is 8.13. The molecule has 0 radical (unpaired) electrons. The van der Waals surface area contributed by atoms with Crippen molar-refractivity contribution in [2.75, 3.05) is 0 Å². The summed E-state index contributed by atoms with van der Waals surface area (Å²) in [5.74, 6) is 2.47. The van der Waals surface area contributed by atoms with Crippen molar-refractivity contribution in [1.82, 2.24) is 14.8 Å². The number of ether oxygens (including phenoxy) is 1. The van der Waals surface area contributed by atoms with Gasteiger partial charge in [0.1, 0.15) is 12.4 Å². The normalized spacial score (nSPS) is 15.3. The largest absolute Gasteiger partial charge is 0.486 e. The van der Waals surface area contributed by atoms with Crippen molar-refractivity contribution in [2.24, 2.45) is 5.92 Å². The van der Waals surface area contributed by atoms with Crippen molar-refractivity contribution in [1.29, 1.82) is 0 Å². The van der Waals surface area contributed by atoms with E-state index in [4.69, 9.17) is 4.74 Å². The number of thioether (sulfide) groups is 1. The van der Waals surface area contributed by atoms with E-state index in [0.29, 0.717) is 17.8 Å². The molecule has 130 valence electrons. The van der Waals surface area contributed by atoms with E-state index in [9.17, 15) is 0 Å². The van der Waals surface area contributed by atoms with E-state index in [1.165, 1.54) is 25.7 Å². The zero-order valence-corrected chi connectivity index (χ0v) is 15.5. The zero-order valence-electron chi connectivity index (χ0n) is 14.6. The average Bonchev–Trinajstić information content (AvgIpc) is 3.22. The summed E-state index contributed by atoms with van der Waals surface area (Å²) in [6.45, 7) is 5.95. The molecule has 1 heterocycles. The number of benzene rings is 1. The minimum atomic E-state index is 0.473. The van der Waals surface area contributed by atoms with Crippen LogP contribution in [0.3, 0.4) is 0 Å². The summed E-state index contributed by atoms with van der Waals surface area (Å²) in [7, 11) is 0. The third-order valence-electron chi connectivity index (χ3n) is 4.41. The molecule has 1 aromatic heterocycles. The molecule has 0 N–H and O–H groups in total. The number of aromatic nitrogens is 3. The molecule has 1 fully saturated rings. The fraction of sp³-hybridized carbons (Fsp3) is 0.579. The van der Waals surface area contributed by atoms with Crippen LogP contribution in [-0.4, -0.2) is 20.0 Å². The summed E-state index contributed by atoms with van der Waals surface area (Å²) in [5.41, 5.74) is 0. The molecule has 1 aromatic carbocycles. The van der Waals surface area contributed by atoms with Gasteiger partial charge in [0.2, 0.25) is 0 Å². The van der Waals surface area contributed by atoms with Gasteiger partial charge < -0.3 is 9.30 Å². The van der Waals surface area contributed by atoms with E-state index >= 15 is 0 Å². The topological polar surface area (TPSA) is 39.9 Å². The Balaban J connectivity index is 1.70. The summed E-state index contributed by atoms with van der Waals surface area (Å²) in [6, 6.07) is 9.92. The molecule has 0 atom stereocenters. The Kier molecular flexibility index (Phi) is 6.18. The van der Waals surface area contributed by atoms with Crippen LogP contribution in [0, 0.1) is 5.92 Å². The predicted octanol–water partition coefficient (Wildman–Crippen LogP) is 4.94. The monoisotopic (exact) mass is 345 g/mol. The van der Waals surface area contributed by atoms with Crippen LogP contribution < -0.4 is 4.74 Å². The van der Waals surface area contributed by atoms with Crippen LogP contribution in [0.1, 0.15) is 51.8 Å². The average molecular weight is 346 g/mol. The van der Waals surface area contributed by atoms with E-state index in [0.717, 1.165) is 29.7 Å². The molecular formula is C19H27N3OS. The third kappa shape index (κ3) is 4.76. The first kappa shape index (κ1) is 17.3. The van der Waals surface area contributed by atoms with E-state index in [2.05, 4.69) is 28.6 Å². The summed E-state index contributed by atoms with van der Waals surface area (Å²) in [4.78, 5) is 0. The van der Waals surface area contributed by atoms with Gasteiger partial charge in [0.15, 0.2) is 11.0 Å². The highest BCUT2D eigenvalue weighted by atomic mass is 32.2. The minimum Gasteiger partial charge on any atom is -0.486 e. The molecule has 0 spiro atoms. The molecule has 0 aliphatic heterocycles. The van der Waals surface area contributed by atoms with Gasteiger partial charge in [-0.3, -0.25) is 0 Å². The van der Waals surface area contributed by atoms with Crippen LogP contribution in [0.25, 0.3) is 0 Å². The van der Waals surface area contributed by atoms with Crippen LogP contribution in [0.2, 0.25) is 0 Å². The summed E-state index contributed by atoms with van der Waals surface area (Å²) < 4.78 is 8.16. The van der Waals surface area contributed by atoms with Crippen molar-refractivity contribution in [3.8, 4) is 5.75 Å². The molecule has 3 rings (SSSR count). The lowest BCUT2D eigenvalue weighted by molar-refractivity contribution is 0.285. The van der Waals surface area contributed by atoms with E-state index in [-0.39, 0.29) is 0 Å². The third-order valence-corrected chi connectivity index (χ3v) is 5.73. The molecule has 1 saturated carbocycles. The molecule has 1 aliphatic rings. The van der Waals surface area contributed by atoms with E-state index in [1.54, 1.807) is 0 Å². The lowest BCUT2D eigenvalue weighted by atomic mass is 10.1. The molecule has 0 unspecified atom stereocenters. The fourth-order valence-electron chi connectivity index (χ4n) is 2.94. The van der Waals surface area contributed by atoms with Gasteiger partial charge in [-0.1, -0.05) is 56.7 Å².